The number of allylic oxidation sites excluding steroid dienone is 3. The van der Waals surface area contributed by atoms with Crippen molar-refractivity contribution >= 4 is 5.91 Å². The van der Waals surface area contributed by atoms with Gasteiger partial charge in [-0.3, -0.25) is 4.79 Å². The van der Waals surface area contributed by atoms with Crippen LogP contribution in [0.4, 0.5) is 13.2 Å². The van der Waals surface area contributed by atoms with Gasteiger partial charge in [0, 0.05) is 12.1 Å². The lowest BCUT2D eigenvalue weighted by molar-refractivity contribution is -0.117. The second kappa shape index (κ2) is 4.75. The highest BCUT2D eigenvalue weighted by atomic mass is 19.4. The maximum absolute atomic E-state index is 12.2. The van der Waals surface area contributed by atoms with Crippen LogP contribution in [0.3, 0.4) is 0 Å². The zero-order valence-electron chi connectivity index (χ0n) is 8.19. The lowest BCUT2D eigenvalue weighted by atomic mass is 10.1. The van der Waals surface area contributed by atoms with Gasteiger partial charge in [0.15, 0.2) is 0 Å². The van der Waals surface area contributed by atoms with E-state index in [1.165, 1.54) is 0 Å². The molecule has 0 aliphatic carbocycles. The summed E-state index contributed by atoms with van der Waals surface area (Å²) >= 11 is 0. The van der Waals surface area contributed by atoms with Gasteiger partial charge in [0.25, 0.3) is 0 Å². The maximum atomic E-state index is 12.2. The fourth-order valence-corrected chi connectivity index (χ4v) is 1.09. The molecule has 6 heteroatoms. The zero-order chi connectivity index (χ0) is 12.2. The van der Waals surface area contributed by atoms with Gasteiger partial charge in [0.05, 0.1) is 6.54 Å². The van der Waals surface area contributed by atoms with E-state index < -0.39 is 17.8 Å². The number of carbonyl (C=O) groups excluding carboxylic acids is 1. The molecule has 0 saturated carbocycles. The molecule has 3 nitrogen and oxygen atoms in total. The molecule has 0 saturated heterocycles. The molecule has 16 heavy (non-hydrogen) atoms. The molecular weight excluding hydrogens is 221 g/mol. The zero-order valence-corrected chi connectivity index (χ0v) is 8.19. The van der Waals surface area contributed by atoms with Crippen LogP contribution < -0.4 is 10.6 Å². The van der Waals surface area contributed by atoms with Crippen molar-refractivity contribution in [2.24, 2.45) is 0 Å². The van der Waals surface area contributed by atoms with Gasteiger partial charge in [-0.05, 0) is 12.2 Å². The summed E-state index contributed by atoms with van der Waals surface area (Å²) in [5.74, 6) is 1.73. The molecule has 0 aromatic carbocycles. The van der Waals surface area contributed by atoms with Gasteiger partial charge in [-0.25, -0.2) is 0 Å². The van der Waals surface area contributed by atoms with Gasteiger partial charge in [0.1, 0.15) is 5.70 Å². The number of dihydropyridines is 1. The Balaban J connectivity index is 2.68. The average molecular weight is 230 g/mol. The van der Waals surface area contributed by atoms with Gasteiger partial charge >= 0.3 is 6.18 Å². The lowest BCUT2D eigenvalue weighted by Crippen LogP contribution is -2.35. The molecule has 86 valence electrons. The maximum Gasteiger partial charge on any atom is 0.430 e. The Morgan fingerprint density at radius 1 is 1.56 bits per heavy atom. The molecule has 1 rings (SSSR count). The molecule has 0 spiro atoms. The van der Waals surface area contributed by atoms with Crippen molar-refractivity contribution in [1.29, 1.82) is 0 Å². The number of carbonyl (C=O) groups is 1. The Bertz CT molecular complexity index is 388. The number of hydrogen-bond donors (Lipinski definition) is 2. The van der Waals surface area contributed by atoms with Gasteiger partial charge in [-0.15, -0.1) is 6.42 Å². The van der Waals surface area contributed by atoms with E-state index in [4.69, 9.17) is 6.42 Å². The predicted molar refractivity (Wildman–Crippen MR) is 52.1 cm³/mol. The first-order valence-corrected chi connectivity index (χ1v) is 4.38. The van der Waals surface area contributed by atoms with Gasteiger partial charge in [0.2, 0.25) is 5.91 Å². The van der Waals surface area contributed by atoms with E-state index in [0.29, 0.717) is 0 Å². The molecule has 0 atom stereocenters. The standard InChI is InChI=1S/C10H9F3N2O/c1-2-5-14-9(16)7-3-4-8(15-6-7)10(11,12)13/h1,3-4,15H,5-6H2,(H,14,16). The molecule has 0 bridgehead atoms. The monoisotopic (exact) mass is 230 g/mol. The first-order valence-electron chi connectivity index (χ1n) is 4.38. The van der Waals surface area contributed by atoms with Crippen LogP contribution >= 0.6 is 0 Å². The molecule has 1 heterocycles. The van der Waals surface area contributed by atoms with E-state index >= 15 is 0 Å². The third-order valence-corrected chi connectivity index (χ3v) is 1.87. The number of halogens is 3. The topological polar surface area (TPSA) is 41.1 Å². The average Bonchev–Trinajstić information content (AvgIpc) is 2.25. The fraction of sp³-hybridized carbons (Fsp3) is 0.300. The second-order valence-electron chi connectivity index (χ2n) is 3.01. The highest BCUT2D eigenvalue weighted by molar-refractivity contribution is 5.94. The van der Waals surface area contributed by atoms with Crippen LogP contribution in [0.5, 0.6) is 0 Å². The quantitative estimate of drug-likeness (QED) is 0.686. The van der Waals surface area contributed by atoms with Crippen molar-refractivity contribution in [1.82, 2.24) is 10.6 Å². The third-order valence-electron chi connectivity index (χ3n) is 1.87. The Morgan fingerprint density at radius 2 is 2.25 bits per heavy atom. The third kappa shape index (κ3) is 3.05. The Labute approximate surface area is 90.4 Å². The van der Waals surface area contributed by atoms with Crippen LogP contribution in [0.1, 0.15) is 0 Å². The summed E-state index contributed by atoms with van der Waals surface area (Å²) in [6.45, 7) is -0.117. The lowest BCUT2D eigenvalue weighted by Gasteiger charge is -2.18. The second-order valence-corrected chi connectivity index (χ2v) is 3.01. The van der Waals surface area contributed by atoms with Crippen LogP contribution in [0.25, 0.3) is 0 Å². The minimum atomic E-state index is -4.42. The van der Waals surface area contributed by atoms with E-state index in [1.807, 2.05) is 0 Å². The largest absolute Gasteiger partial charge is 0.430 e. The van der Waals surface area contributed by atoms with Gasteiger partial charge in [-0.1, -0.05) is 5.92 Å². The number of terminal acetylenes is 1. The summed E-state index contributed by atoms with van der Waals surface area (Å²) in [6.07, 6.45) is 2.46. The van der Waals surface area contributed by atoms with Crippen molar-refractivity contribution in [3.05, 3.63) is 23.4 Å². The summed E-state index contributed by atoms with van der Waals surface area (Å²) < 4.78 is 36.6. The van der Waals surface area contributed by atoms with E-state index in [9.17, 15) is 18.0 Å². The molecule has 0 radical (unpaired) electrons. The number of hydrogen-bond acceptors (Lipinski definition) is 2. The van der Waals surface area contributed by atoms with Crippen LogP contribution in [0.2, 0.25) is 0 Å². The highest BCUT2D eigenvalue weighted by Gasteiger charge is 2.34. The van der Waals surface area contributed by atoms with E-state index in [2.05, 4.69) is 16.6 Å². The van der Waals surface area contributed by atoms with Crippen LogP contribution in [-0.2, 0) is 4.79 Å². The van der Waals surface area contributed by atoms with Crippen molar-refractivity contribution in [3.63, 3.8) is 0 Å². The van der Waals surface area contributed by atoms with Gasteiger partial charge in [-0.2, -0.15) is 13.2 Å². The Kier molecular flexibility index (Phi) is 3.61. The van der Waals surface area contributed by atoms with E-state index in [1.54, 1.807) is 0 Å². The summed E-state index contributed by atoms with van der Waals surface area (Å²) in [4.78, 5) is 11.3. The summed E-state index contributed by atoms with van der Waals surface area (Å²) in [6, 6.07) is 0. The molecule has 1 aliphatic rings. The van der Waals surface area contributed by atoms with E-state index in [-0.39, 0.29) is 18.7 Å². The first-order chi connectivity index (χ1) is 7.45. The van der Waals surface area contributed by atoms with Crippen LogP contribution in [0.15, 0.2) is 23.4 Å². The van der Waals surface area contributed by atoms with Crippen molar-refractivity contribution in [2.75, 3.05) is 13.1 Å². The Morgan fingerprint density at radius 3 is 2.69 bits per heavy atom. The summed E-state index contributed by atoms with van der Waals surface area (Å²) in [5, 5.41) is 4.48. The van der Waals surface area contributed by atoms with Crippen LogP contribution in [-0.4, -0.2) is 25.2 Å². The Hall–Kier alpha value is -1.90. The van der Waals surface area contributed by atoms with Crippen LogP contribution in [0, 0.1) is 12.3 Å². The van der Waals surface area contributed by atoms with Crippen molar-refractivity contribution in [3.8, 4) is 12.3 Å². The fourth-order valence-electron chi connectivity index (χ4n) is 1.09. The number of rotatable bonds is 2. The van der Waals surface area contributed by atoms with Crippen molar-refractivity contribution in [2.45, 2.75) is 6.18 Å². The molecule has 2 N–H and O–H groups in total. The summed E-state index contributed by atoms with van der Waals surface area (Å²) in [7, 11) is 0. The highest BCUT2D eigenvalue weighted by Crippen LogP contribution is 2.25. The van der Waals surface area contributed by atoms with Gasteiger partial charge < -0.3 is 10.6 Å². The molecule has 1 amide bonds. The number of amides is 1. The molecule has 0 aromatic rings. The molecule has 0 unspecified atom stereocenters. The first kappa shape index (κ1) is 12.2. The molecule has 0 aromatic heterocycles. The minimum absolute atomic E-state index is 0.0476. The van der Waals surface area contributed by atoms with E-state index in [0.717, 1.165) is 12.2 Å². The van der Waals surface area contributed by atoms with Crippen molar-refractivity contribution < 1.29 is 18.0 Å². The molecule has 0 fully saturated rings. The predicted octanol–water partition coefficient (Wildman–Crippen LogP) is 0.712. The normalized spacial score (nSPS) is 15.4. The number of alkyl halides is 3. The molecular formula is C10H9F3N2O. The minimum Gasteiger partial charge on any atom is -0.377 e. The summed E-state index contributed by atoms with van der Waals surface area (Å²) in [5.41, 5.74) is -0.649. The smallest absolute Gasteiger partial charge is 0.377 e. The molecule has 1 aliphatic heterocycles. The number of nitrogens with one attached hydrogen (secondary N) is 2. The SMILES string of the molecule is C#CCNC(=O)C1=CC=C(C(F)(F)F)NC1.